The van der Waals surface area contributed by atoms with Crippen LogP contribution in [-0.4, -0.2) is 48.7 Å². The minimum absolute atomic E-state index is 0.184. The molecule has 0 aromatic heterocycles. The Morgan fingerprint density at radius 2 is 1.86 bits per heavy atom. The number of hydrogen-bond acceptors (Lipinski definition) is 5. The molecule has 2 fully saturated rings. The molecule has 0 saturated heterocycles. The van der Waals surface area contributed by atoms with Gasteiger partial charge in [0.05, 0.1) is 0 Å². The third-order valence-corrected chi connectivity index (χ3v) is 4.79. The summed E-state index contributed by atoms with van der Waals surface area (Å²) >= 11 is 0. The van der Waals surface area contributed by atoms with Gasteiger partial charge < -0.3 is 9.47 Å². The van der Waals surface area contributed by atoms with Crippen molar-refractivity contribution in [3.8, 4) is 0 Å². The molecule has 2 aliphatic rings. The van der Waals surface area contributed by atoms with Crippen LogP contribution in [0.25, 0.3) is 0 Å². The van der Waals surface area contributed by atoms with E-state index in [4.69, 9.17) is 9.47 Å². The van der Waals surface area contributed by atoms with Gasteiger partial charge >= 0.3 is 11.9 Å². The summed E-state index contributed by atoms with van der Waals surface area (Å²) in [6.07, 6.45) is 5.26. The highest BCUT2D eigenvalue weighted by Crippen LogP contribution is 2.65. The van der Waals surface area contributed by atoms with Gasteiger partial charge in [-0.05, 0) is 12.3 Å². The van der Waals surface area contributed by atoms with Crippen molar-refractivity contribution in [1.29, 1.82) is 0 Å². The summed E-state index contributed by atoms with van der Waals surface area (Å²) < 4.78 is 10.8. The van der Waals surface area contributed by atoms with Crippen LogP contribution in [0.5, 0.6) is 0 Å². The molecule has 2 saturated carbocycles. The number of fused-ring (bicyclic) bond motifs is 1. The van der Waals surface area contributed by atoms with Crippen LogP contribution in [0.3, 0.4) is 0 Å². The molecule has 0 radical (unpaired) electrons. The lowest BCUT2D eigenvalue weighted by Crippen LogP contribution is -2.37. The molecule has 0 aromatic carbocycles. The maximum Gasteiger partial charge on any atom is 0.302 e. The number of ether oxygens (including phenoxy) is 2. The summed E-state index contributed by atoms with van der Waals surface area (Å²) in [5, 5.41) is 0. The Bertz CT molecular complexity index is 465. The molecule has 0 amide bonds. The molecular weight excluding hydrogens is 282 g/mol. The first-order chi connectivity index (χ1) is 10.4. The normalized spacial score (nSPS) is 32.2. The highest BCUT2D eigenvalue weighted by Gasteiger charge is 2.70. The Labute approximate surface area is 131 Å². The van der Waals surface area contributed by atoms with Crippen molar-refractivity contribution in [2.24, 2.45) is 11.3 Å². The Morgan fingerprint density at radius 3 is 2.36 bits per heavy atom. The molecule has 0 unspecified atom stereocenters. The van der Waals surface area contributed by atoms with Crippen molar-refractivity contribution < 1.29 is 19.1 Å². The highest BCUT2D eigenvalue weighted by atomic mass is 16.6. The summed E-state index contributed by atoms with van der Waals surface area (Å²) in [5.74, 6) is -0.187. The van der Waals surface area contributed by atoms with Gasteiger partial charge in [0.25, 0.3) is 0 Å². The van der Waals surface area contributed by atoms with Crippen LogP contribution in [0.4, 0.5) is 0 Å². The van der Waals surface area contributed by atoms with E-state index in [0.717, 1.165) is 25.9 Å². The third-order valence-electron chi connectivity index (χ3n) is 4.79. The van der Waals surface area contributed by atoms with Crippen molar-refractivity contribution in [2.45, 2.75) is 38.8 Å². The summed E-state index contributed by atoms with van der Waals surface area (Å²) in [7, 11) is 0. The molecule has 0 aliphatic heterocycles. The van der Waals surface area contributed by atoms with E-state index in [2.05, 4.69) is 18.1 Å². The molecule has 0 heterocycles. The predicted molar refractivity (Wildman–Crippen MR) is 83.1 cm³/mol. The van der Waals surface area contributed by atoms with Gasteiger partial charge in [-0.1, -0.05) is 12.2 Å². The molecule has 5 heteroatoms. The van der Waals surface area contributed by atoms with E-state index in [1.54, 1.807) is 0 Å². The van der Waals surface area contributed by atoms with Crippen LogP contribution in [0.15, 0.2) is 25.3 Å². The monoisotopic (exact) mass is 307 g/mol. The molecule has 122 valence electrons. The summed E-state index contributed by atoms with van der Waals surface area (Å²) in [5.41, 5.74) is -0.206. The molecule has 2 rings (SSSR count). The lowest BCUT2D eigenvalue weighted by molar-refractivity contribution is -0.153. The number of carbonyl (C=O) groups is 2. The summed E-state index contributed by atoms with van der Waals surface area (Å²) in [6.45, 7) is 12.3. The molecule has 0 aromatic rings. The predicted octanol–water partition coefficient (Wildman–Crippen LogP) is 1.93. The minimum atomic E-state index is -0.293. The van der Waals surface area contributed by atoms with Gasteiger partial charge in [0, 0.05) is 44.8 Å². The fourth-order valence-corrected chi connectivity index (χ4v) is 3.80. The molecule has 0 N–H and O–H groups in total. The number of esters is 2. The Hall–Kier alpha value is -1.62. The Balaban J connectivity index is 2.13. The van der Waals surface area contributed by atoms with Crippen molar-refractivity contribution >= 4 is 11.9 Å². The van der Waals surface area contributed by atoms with Crippen LogP contribution < -0.4 is 0 Å². The van der Waals surface area contributed by atoms with Gasteiger partial charge in [0.1, 0.15) is 12.7 Å². The van der Waals surface area contributed by atoms with Crippen molar-refractivity contribution in [1.82, 2.24) is 4.90 Å². The van der Waals surface area contributed by atoms with E-state index in [1.807, 2.05) is 12.2 Å². The minimum Gasteiger partial charge on any atom is -0.465 e. The van der Waals surface area contributed by atoms with E-state index < -0.39 is 0 Å². The first-order valence-electron chi connectivity index (χ1n) is 7.71. The number of rotatable bonds is 8. The zero-order valence-corrected chi connectivity index (χ0v) is 13.4. The molecule has 0 bridgehead atoms. The molecular formula is C17H25NO4. The third kappa shape index (κ3) is 3.24. The van der Waals surface area contributed by atoms with E-state index >= 15 is 0 Å². The van der Waals surface area contributed by atoms with E-state index in [-0.39, 0.29) is 23.5 Å². The fourth-order valence-electron chi connectivity index (χ4n) is 3.80. The summed E-state index contributed by atoms with van der Waals surface area (Å²) in [4.78, 5) is 24.8. The van der Waals surface area contributed by atoms with Crippen molar-refractivity contribution in [3.63, 3.8) is 0 Å². The largest absolute Gasteiger partial charge is 0.465 e. The average molecular weight is 307 g/mol. The van der Waals surface area contributed by atoms with Crippen LogP contribution >= 0.6 is 0 Å². The second kappa shape index (κ2) is 6.65. The van der Waals surface area contributed by atoms with Gasteiger partial charge in [-0.2, -0.15) is 0 Å². The standard InChI is InChI=1S/C17H25NO4/c1-5-7-18(8-6-2)15-9-16(22-13(4)20)17(10-14(15)17)11-21-12(3)19/h5-6,14-16H,1-2,7-11H2,3-4H3/t14-,15+,16+,17+/m1/s1. The first kappa shape index (κ1) is 16.7. The number of hydrogen-bond donors (Lipinski definition) is 0. The highest BCUT2D eigenvalue weighted by molar-refractivity contribution is 5.67. The topological polar surface area (TPSA) is 55.8 Å². The van der Waals surface area contributed by atoms with Gasteiger partial charge in [-0.15, -0.1) is 13.2 Å². The van der Waals surface area contributed by atoms with Crippen molar-refractivity contribution in [3.05, 3.63) is 25.3 Å². The maximum absolute atomic E-state index is 11.4. The second-order valence-corrected chi connectivity index (χ2v) is 6.26. The molecule has 0 spiro atoms. The molecule has 22 heavy (non-hydrogen) atoms. The Morgan fingerprint density at radius 1 is 1.23 bits per heavy atom. The SMILES string of the molecule is C=CCN(CC=C)[C@H]1C[C@H](OC(C)=O)[C@]2(COC(C)=O)C[C@H]12. The van der Waals surface area contributed by atoms with Gasteiger partial charge in [-0.25, -0.2) is 0 Å². The van der Waals surface area contributed by atoms with E-state index in [9.17, 15) is 9.59 Å². The van der Waals surface area contributed by atoms with Crippen molar-refractivity contribution in [2.75, 3.05) is 19.7 Å². The van der Waals surface area contributed by atoms with E-state index in [1.165, 1.54) is 13.8 Å². The second-order valence-electron chi connectivity index (χ2n) is 6.26. The molecule has 5 nitrogen and oxygen atoms in total. The quantitative estimate of drug-likeness (QED) is 0.506. The first-order valence-corrected chi connectivity index (χ1v) is 7.71. The molecule has 4 atom stereocenters. The zero-order chi connectivity index (χ0) is 16.3. The smallest absolute Gasteiger partial charge is 0.302 e. The van der Waals surface area contributed by atoms with Gasteiger partial charge in [0.15, 0.2) is 0 Å². The zero-order valence-electron chi connectivity index (χ0n) is 13.4. The average Bonchev–Trinajstić information content (AvgIpc) is 3.09. The van der Waals surface area contributed by atoms with Crippen LogP contribution in [0.1, 0.15) is 26.7 Å². The summed E-state index contributed by atoms with van der Waals surface area (Å²) in [6, 6.07) is 0.302. The van der Waals surface area contributed by atoms with Crippen LogP contribution in [0, 0.1) is 11.3 Å². The van der Waals surface area contributed by atoms with Gasteiger partial charge in [-0.3, -0.25) is 14.5 Å². The van der Waals surface area contributed by atoms with Gasteiger partial charge in [0.2, 0.25) is 0 Å². The lowest BCUT2D eigenvalue weighted by atomic mass is 10.0. The lowest BCUT2D eigenvalue weighted by Gasteiger charge is -2.28. The van der Waals surface area contributed by atoms with E-state index in [0.29, 0.717) is 18.6 Å². The van der Waals surface area contributed by atoms with Crippen LogP contribution in [-0.2, 0) is 19.1 Å². The number of nitrogens with zero attached hydrogens (tertiary/aromatic N) is 1. The Kier molecular flexibility index (Phi) is 5.06. The molecule has 2 aliphatic carbocycles. The number of carbonyl (C=O) groups excluding carboxylic acids is 2. The maximum atomic E-state index is 11.4. The fraction of sp³-hybridized carbons (Fsp3) is 0.647. The van der Waals surface area contributed by atoms with Crippen LogP contribution in [0.2, 0.25) is 0 Å².